The highest BCUT2D eigenvalue weighted by Crippen LogP contribution is 2.16. The monoisotopic (exact) mass is 435 g/mol. The van der Waals surface area contributed by atoms with Gasteiger partial charge in [-0.3, -0.25) is 9.59 Å². The van der Waals surface area contributed by atoms with Crippen molar-refractivity contribution >= 4 is 40.7 Å². The molecule has 0 aliphatic rings. The van der Waals surface area contributed by atoms with Crippen LogP contribution in [0.3, 0.4) is 0 Å². The van der Waals surface area contributed by atoms with Gasteiger partial charge in [-0.2, -0.15) is 0 Å². The molecule has 0 unspecified atom stereocenters. The molecule has 0 aliphatic heterocycles. The summed E-state index contributed by atoms with van der Waals surface area (Å²) in [5.41, 5.74) is 3.37. The van der Waals surface area contributed by atoms with E-state index in [-0.39, 0.29) is 18.3 Å². The molecule has 0 saturated heterocycles. The molecule has 3 aromatic rings. The zero-order chi connectivity index (χ0) is 22.2. The second-order valence-electron chi connectivity index (χ2n) is 6.84. The van der Waals surface area contributed by atoms with Crippen LogP contribution in [0.2, 0.25) is 5.15 Å². The lowest BCUT2D eigenvalue weighted by Crippen LogP contribution is -2.20. The summed E-state index contributed by atoms with van der Waals surface area (Å²) >= 11 is 5.73. The minimum atomic E-state index is -0.309. The first-order chi connectivity index (χ1) is 15.0. The number of rotatable bonds is 8. The quantitative estimate of drug-likeness (QED) is 0.313. The van der Waals surface area contributed by atoms with Crippen molar-refractivity contribution in [3.05, 3.63) is 94.8 Å². The topological polar surface area (TPSA) is 82.5 Å². The van der Waals surface area contributed by atoms with Crippen molar-refractivity contribution in [3.63, 3.8) is 0 Å². The van der Waals surface area contributed by atoms with Gasteiger partial charge in [-0.25, -0.2) is 4.98 Å². The highest BCUT2D eigenvalue weighted by atomic mass is 35.5. The summed E-state index contributed by atoms with van der Waals surface area (Å²) in [6.45, 7) is 0.647. The number of anilines is 2. The molecule has 1 amide bonds. The molecule has 0 saturated carbocycles. The van der Waals surface area contributed by atoms with Crippen LogP contribution in [-0.2, 0) is 0 Å². The number of hydrogen-bond acceptors (Lipinski definition) is 5. The zero-order valence-corrected chi connectivity index (χ0v) is 17.7. The Morgan fingerprint density at radius 2 is 1.71 bits per heavy atom. The van der Waals surface area contributed by atoms with Crippen molar-refractivity contribution in [2.45, 2.75) is 0 Å². The molecule has 7 heteroatoms. The lowest BCUT2D eigenvalue weighted by molar-refractivity contribution is 0.102. The van der Waals surface area contributed by atoms with E-state index in [9.17, 15) is 9.59 Å². The Labute approximate surface area is 185 Å². The van der Waals surface area contributed by atoms with Gasteiger partial charge < -0.3 is 15.3 Å². The third kappa shape index (κ3) is 6.25. The molecular formula is C24H22ClN3O3. The number of halogens is 1. The van der Waals surface area contributed by atoms with Crippen LogP contribution >= 0.6 is 11.6 Å². The van der Waals surface area contributed by atoms with E-state index in [2.05, 4.69) is 10.3 Å². The Bertz CT molecular complexity index is 1060. The first-order valence-electron chi connectivity index (χ1n) is 9.64. The van der Waals surface area contributed by atoms with Gasteiger partial charge in [0, 0.05) is 36.7 Å². The standard InChI is InChI=1S/C24H22ClN3O3/c1-28(14-15-29)21-10-2-17(3-11-21)4-12-22(30)18-5-8-20(9-6-18)27-24(31)19-7-13-23(25)26-16-19/h2-13,16,29H,14-15H2,1H3,(H,27,31)/b12-4+. The van der Waals surface area contributed by atoms with Crippen molar-refractivity contribution in [1.82, 2.24) is 4.98 Å². The molecule has 1 heterocycles. The first-order valence-corrected chi connectivity index (χ1v) is 10.0. The Balaban J connectivity index is 1.59. The number of hydrogen-bond donors (Lipinski definition) is 2. The molecule has 158 valence electrons. The van der Waals surface area contributed by atoms with Crippen LogP contribution in [0.25, 0.3) is 6.08 Å². The molecule has 0 bridgehead atoms. The van der Waals surface area contributed by atoms with Gasteiger partial charge in [-0.05, 0) is 60.2 Å². The number of likely N-dealkylation sites (N-methyl/N-ethyl adjacent to an activating group) is 1. The lowest BCUT2D eigenvalue weighted by atomic mass is 10.1. The molecule has 0 radical (unpaired) electrons. The molecule has 0 spiro atoms. The summed E-state index contributed by atoms with van der Waals surface area (Å²) in [4.78, 5) is 30.5. The minimum absolute atomic E-state index is 0.0907. The SMILES string of the molecule is CN(CCO)c1ccc(/C=C/C(=O)c2ccc(NC(=O)c3ccc(Cl)nc3)cc2)cc1. The number of benzene rings is 2. The van der Waals surface area contributed by atoms with Crippen LogP contribution in [0.1, 0.15) is 26.3 Å². The van der Waals surface area contributed by atoms with Crippen molar-refractivity contribution < 1.29 is 14.7 Å². The number of aliphatic hydroxyl groups excluding tert-OH is 1. The van der Waals surface area contributed by atoms with Crippen molar-refractivity contribution in [2.24, 2.45) is 0 Å². The maximum atomic E-state index is 12.4. The summed E-state index contributed by atoms with van der Waals surface area (Å²) < 4.78 is 0. The van der Waals surface area contributed by atoms with Gasteiger partial charge in [0.05, 0.1) is 12.2 Å². The van der Waals surface area contributed by atoms with Gasteiger partial charge in [0.1, 0.15) is 5.15 Å². The smallest absolute Gasteiger partial charge is 0.257 e. The highest BCUT2D eigenvalue weighted by molar-refractivity contribution is 6.29. The van der Waals surface area contributed by atoms with Crippen LogP contribution < -0.4 is 10.2 Å². The van der Waals surface area contributed by atoms with Crippen molar-refractivity contribution in [1.29, 1.82) is 0 Å². The van der Waals surface area contributed by atoms with Crippen LogP contribution in [0.4, 0.5) is 11.4 Å². The summed E-state index contributed by atoms with van der Waals surface area (Å²) in [5, 5.41) is 12.1. The van der Waals surface area contributed by atoms with Gasteiger partial charge in [0.2, 0.25) is 0 Å². The predicted molar refractivity (Wildman–Crippen MR) is 124 cm³/mol. The number of nitrogens with one attached hydrogen (secondary N) is 1. The third-order valence-electron chi connectivity index (χ3n) is 4.61. The third-order valence-corrected chi connectivity index (χ3v) is 4.84. The second-order valence-corrected chi connectivity index (χ2v) is 7.22. The number of nitrogens with zero attached hydrogens (tertiary/aromatic N) is 2. The van der Waals surface area contributed by atoms with E-state index in [1.54, 1.807) is 42.5 Å². The molecule has 1 aromatic heterocycles. The first kappa shape index (κ1) is 22.2. The van der Waals surface area contributed by atoms with Crippen LogP contribution in [0.15, 0.2) is 72.9 Å². The predicted octanol–water partition coefficient (Wildman–Crippen LogP) is 4.31. The Morgan fingerprint density at radius 3 is 2.32 bits per heavy atom. The highest BCUT2D eigenvalue weighted by Gasteiger charge is 2.08. The molecular weight excluding hydrogens is 414 g/mol. The normalized spacial score (nSPS) is 10.8. The number of ketones is 1. The Morgan fingerprint density at radius 1 is 1.03 bits per heavy atom. The van der Waals surface area contributed by atoms with Gasteiger partial charge in [-0.1, -0.05) is 29.8 Å². The Kier molecular flexibility index (Phi) is 7.54. The van der Waals surface area contributed by atoms with E-state index in [1.165, 1.54) is 12.3 Å². The van der Waals surface area contributed by atoms with E-state index in [0.717, 1.165) is 11.3 Å². The minimum Gasteiger partial charge on any atom is -0.395 e. The maximum absolute atomic E-state index is 12.4. The molecule has 2 N–H and O–H groups in total. The fourth-order valence-electron chi connectivity index (χ4n) is 2.82. The van der Waals surface area contributed by atoms with Crippen LogP contribution in [-0.4, -0.2) is 42.0 Å². The maximum Gasteiger partial charge on any atom is 0.257 e. The van der Waals surface area contributed by atoms with Crippen molar-refractivity contribution in [3.8, 4) is 0 Å². The van der Waals surface area contributed by atoms with Gasteiger partial charge in [-0.15, -0.1) is 0 Å². The number of carbonyl (C=O) groups is 2. The van der Waals surface area contributed by atoms with Gasteiger partial charge in [0.25, 0.3) is 5.91 Å². The van der Waals surface area contributed by atoms with Crippen LogP contribution in [0, 0.1) is 0 Å². The second kappa shape index (κ2) is 10.5. The van der Waals surface area contributed by atoms with Crippen LogP contribution in [0.5, 0.6) is 0 Å². The zero-order valence-electron chi connectivity index (χ0n) is 17.0. The molecule has 31 heavy (non-hydrogen) atoms. The molecule has 2 aromatic carbocycles. The lowest BCUT2D eigenvalue weighted by Gasteiger charge is -2.17. The largest absolute Gasteiger partial charge is 0.395 e. The molecule has 0 atom stereocenters. The van der Waals surface area contributed by atoms with E-state index < -0.39 is 0 Å². The molecule has 3 rings (SSSR count). The van der Waals surface area contributed by atoms with E-state index >= 15 is 0 Å². The summed E-state index contributed by atoms with van der Waals surface area (Å²) in [7, 11) is 1.91. The molecule has 6 nitrogen and oxygen atoms in total. The number of aromatic nitrogens is 1. The van der Waals surface area contributed by atoms with Gasteiger partial charge in [0.15, 0.2) is 5.78 Å². The number of pyridine rings is 1. The van der Waals surface area contributed by atoms with E-state index in [1.807, 2.05) is 36.2 Å². The number of allylic oxidation sites excluding steroid dienone is 1. The van der Waals surface area contributed by atoms with E-state index in [0.29, 0.717) is 28.5 Å². The average molecular weight is 436 g/mol. The number of aliphatic hydroxyl groups is 1. The number of carbonyl (C=O) groups excluding carboxylic acids is 2. The van der Waals surface area contributed by atoms with Gasteiger partial charge >= 0.3 is 0 Å². The fraction of sp³-hybridized carbons (Fsp3) is 0.125. The summed E-state index contributed by atoms with van der Waals surface area (Å²) in [5.74, 6) is -0.447. The van der Waals surface area contributed by atoms with E-state index in [4.69, 9.17) is 16.7 Å². The molecule has 0 aliphatic carbocycles. The fourth-order valence-corrected chi connectivity index (χ4v) is 2.93. The average Bonchev–Trinajstić information content (AvgIpc) is 2.79. The Hall–Kier alpha value is -3.48. The summed E-state index contributed by atoms with van der Waals surface area (Å²) in [6.07, 6.45) is 4.67. The number of amides is 1. The molecule has 0 fully saturated rings. The summed E-state index contributed by atoms with van der Waals surface area (Å²) in [6, 6.07) is 17.5. The van der Waals surface area contributed by atoms with Crippen molar-refractivity contribution in [2.75, 3.05) is 30.4 Å².